The standard InChI is InChI=1S/C14H16Cl2N2O2/c15-12-8-11(18(19)20)9-13(16)14(12)17-7-6-10-4-2-1-3-5-10/h4,8-9,17H,1-3,5-7H2. The van der Waals surface area contributed by atoms with E-state index < -0.39 is 4.92 Å². The lowest BCUT2D eigenvalue weighted by molar-refractivity contribution is -0.384. The van der Waals surface area contributed by atoms with Gasteiger partial charge in [-0.15, -0.1) is 0 Å². The molecule has 1 aliphatic carbocycles. The van der Waals surface area contributed by atoms with E-state index in [1.807, 2.05) is 0 Å². The highest BCUT2D eigenvalue weighted by molar-refractivity contribution is 6.39. The summed E-state index contributed by atoms with van der Waals surface area (Å²) in [6, 6.07) is 2.63. The van der Waals surface area contributed by atoms with Crippen molar-refractivity contribution in [2.24, 2.45) is 0 Å². The fourth-order valence-corrected chi connectivity index (χ4v) is 2.92. The number of non-ortho nitro benzene ring substituents is 1. The van der Waals surface area contributed by atoms with E-state index in [1.54, 1.807) is 0 Å². The molecule has 0 aliphatic heterocycles. The van der Waals surface area contributed by atoms with Crippen LogP contribution in [0.3, 0.4) is 0 Å². The zero-order valence-corrected chi connectivity index (χ0v) is 12.5. The van der Waals surface area contributed by atoms with Gasteiger partial charge in [-0.05, 0) is 32.1 Å². The first kappa shape index (κ1) is 15.1. The number of anilines is 1. The van der Waals surface area contributed by atoms with Gasteiger partial charge in [-0.1, -0.05) is 34.9 Å². The van der Waals surface area contributed by atoms with E-state index in [2.05, 4.69) is 11.4 Å². The molecule has 0 saturated heterocycles. The van der Waals surface area contributed by atoms with Crippen LogP contribution in [0.25, 0.3) is 0 Å². The second-order valence-electron chi connectivity index (χ2n) is 4.83. The van der Waals surface area contributed by atoms with Gasteiger partial charge in [0, 0.05) is 18.7 Å². The van der Waals surface area contributed by atoms with Gasteiger partial charge in [0.15, 0.2) is 0 Å². The molecule has 0 unspecified atom stereocenters. The van der Waals surface area contributed by atoms with Crippen molar-refractivity contribution in [2.75, 3.05) is 11.9 Å². The number of nitro benzene ring substituents is 1. The number of hydrogen-bond acceptors (Lipinski definition) is 3. The largest absolute Gasteiger partial charge is 0.382 e. The maximum Gasteiger partial charge on any atom is 0.272 e. The first-order valence-electron chi connectivity index (χ1n) is 6.63. The van der Waals surface area contributed by atoms with Gasteiger partial charge in [0.25, 0.3) is 5.69 Å². The number of halogens is 2. The van der Waals surface area contributed by atoms with Gasteiger partial charge in [-0.3, -0.25) is 10.1 Å². The molecule has 108 valence electrons. The monoisotopic (exact) mass is 314 g/mol. The van der Waals surface area contributed by atoms with Gasteiger partial charge in [-0.2, -0.15) is 0 Å². The Hall–Kier alpha value is -1.26. The summed E-state index contributed by atoms with van der Waals surface area (Å²) in [5.74, 6) is 0. The second-order valence-corrected chi connectivity index (χ2v) is 5.64. The number of allylic oxidation sites excluding steroid dienone is 1. The number of nitro groups is 1. The molecule has 0 amide bonds. The van der Waals surface area contributed by atoms with Crippen molar-refractivity contribution in [3.63, 3.8) is 0 Å². The maximum atomic E-state index is 10.7. The Morgan fingerprint density at radius 2 is 1.95 bits per heavy atom. The highest BCUT2D eigenvalue weighted by atomic mass is 35.5. The van der Waals surface area contributed by atoms with Crippen LogP contribution in [0.5, 0.6) is 0 Å². The summed E-state index contributed by atoms with van der Waals surface area (Å²) in [6.07, 6.45) is 8.09. The Morgan fingerprint density at radius 1 is 1.25 bits per heavy atom. The summed E-state index contributed by atoms with van der Waals surface area (Å²) >= 11 is 12.1. The third-order valence-electron chi connectivity index (χ3n) is 3.37. The van der Waals surface area contributed by atoms with E-state index in [9.17, 15) is 10.1 Å². The number of nitrogens with zero attached hydrogens (tertiary/aromatic N) is 1. The number of rotatable bonds is 5. The Morgan fingerprint density at radius 3 is 2.50 bits per heavy atom. The summed E-state index contributed by atoms with van der Waals surface area (Å²) < 4.78 is 0. The molecule has 20 heavy (non-hydrogen) atoms. The predicted octanol–water partition coefficient (Wildman–Crippen LogP) is 5.20. The lowest BCUT2D eigenvalue weighted by Gasteiger charge is -2.14. The van der Waals surface area contributed by atoms with E-state index in [4.69, 9.17) is 23.2 Å². The molecule has 6 heteroatoms. The lowest BCUT2D eigenvalue weighted by atomic mass is 9.97. The first-order valence-corrected chi connectivity index (χ1v) is 7.38. The van der Waals surface area contributed by atoms with Gasteiger partial charge in [0.1, 0.15) is 0 Å². The molecule has 0 radical (unpaired) electrons. The Kier molecular flexibility index (Phi) is 5.26. The zero-order valence-electron chi connectivity index (χ0n) is 11.0. The summed E-state index contributed by atoms with van der Waals surface area (Å²) in [5.41, 5.74) is 1.92. The van der Waals surface area contributed by atoms with E-state index in [0.717, 1.165) is 25.8 Å². The summed E-state index contributed by atoms with van der Waals surface area (Å²) in [6.45, 7) is 0.725. The molecule has 0 bridgehead atoms. The highest BCUT2D eigenvalue weighted by Gasteiger charge is 2.14. The van der Waals surface area contributed by atoms with Crippen LogP contribution in [-0.4, -0.2) is 11.5 Å². The molecular weight excluding hydrogens is 299 g/mol. The van der Waals surface area contributed by atoms with Crippen molar-refractivity contribution in [1.29, 1.82) is 0 Å². The van der Waals surface area contributed by atoms with Crippen molar-refractivity contribution >= 4 is 34.6 Å². The highest BCUT2D eigenvalue weighted by Crippen LogP contribution is 2.34. The molecule has 4 nitrogen and oxygen atoms in total. The quantitative estimate of drug-likeness (QED) is 0.461. The minimum absolute atomic E-state index is 0.0967. The van der Waals surface area contributed by atoms with E-state index in [1.165, 1.54) is 30.5 Å². The van der Waals surface area contributed by atoms with Gasteiger partial charge in [-0.25, -0.2) is 0 Å². The minimum atomic E-state index is -0.506. The molecule has 0 atom stereocenters. The van der Waals surface area contributed by atoms with Crippen molar-refractivity contribution in [3.8, 4) is 0 Å². The van der Waals surface area contributed by atoms with Crippen LogP contribution in [0.2, 0.25) is 10.0 Å². The molecule has 0 heterocycles. The number of nitrogens with one attached hydrogen (secondary N) is 1. The van der Waals surface area contributed by atoms with Crippen molar-refractivity contribution in [3.05, 3.63) is 43.9 Å². The van der Waals surface area contributed by atoms with Gasteiger partial charge < -0.3 is 5.32 Å². The van der Waals surface area contributed by atoms with Crippen LogP contribution in [0.15, 0.2) is 23.8 Å². The van der Waals surface area contributed by atoms with Gasteiger partial charge in [0.05, 0.1) is 20.7 Å². The first-order chi connectivity index (χ1) is 9.58. The molecular formula is C14H16Cl2N2O2. The summed E-state index contributed by atoms with van der Waals surface area (Å²) in [7, 11) is 0. The average molecular weight is 315 g/mol. The molecule has 2 rings (SSSR count). The SMILES string of the molecule is O=[N+]([O-])c1cc(Cl)c(NCCC2=CCCCC2)c(Cl)c1. The van der Waals surface area contributed by atoms with Crippen LogP contribution in [0.1, 0.15) is 32.1 Å². The maximum absolute atomic E-state index is 10.7. The molecule has 0 spiro atoms. The molecule has 1 aromatic carbocycles. The molecule has 0 saturated carbocycles. The minimum Gasteiger partial charge on any atom is -0.382 e. The van der Waals surface area contributed by atoms with Crippen LogP contribution < -0.4 is 5.32 Å². The van der Waals surface area contributed by atoms with Crippen LogP contribution in [-0.2, 0) is 0 Å². The smallest absolute Gasteiger partial charge is 0.272 e. The normalized spacial score (nSPS) is 14.8. The third-order valence-corrected chi connectivity index (χ3v) is 3.97. The van der Waals surface area contributed by atoms with E-state index in [-0.39, 0.29) is 15.7 Å². The van der Waals surface area contributed by atoms with Crippen LogP contribution in [0, 0.1) is 10.1 Å². The Labute approximate surface area is 127 Å². The fourth-order valence-electron chi connectivity index (χ4n) is 2.31. The van der Waals surface area contributed by atoms with Crippen molar-refractivity contribution in [1.82, 2.24) is 0 Å². The van der Waals surface area contributed by atoms with Crippen LogP contribution in [0.4, 0.5) is 11.4 Å². The third kappa shape index (κ3) is 3.87. The van der Waals surface area contributed by atoms with Crippen molar-refractivity contribution < 1.29 is 4.92 Å². The number of benzene rings is 1. The van der Waals surface area contributed by atoms with Gasteiger partial charge >= 0.3 is 0 Å². The zero-order chi connectivity index (χ0) is 14.5. The van der Waals surface area contributed by atoms with E-state index in [0.29, 0.717) is 5.69 Å². The van der Waals surface area contributed by atoms with Crippen molar-refractivity contribution in [2.45, 2.75) is 32.1 Å². The Bertz CT molecular complexity index is 521. The molecule has 1 aromatic rings. The molecule has 0 fully saturated rings. The van der Waals surface area contributed by atoms with Gasteiger partial charge in [0.2, 0.25) is 0 Å². The molecule has 1 N–H and O–H groups in total. The predicted molar refractivity (Wildman–Crippen MR) is 82.8 cm³/mol. The summed E-state index contributed by atoms with van der Waals surface area (Å²) in [5, 5.41) is 14.4. The summed E-state index contributed by atoms with van der Waals surface area (Å²) in [4.78, 5) is 10.2. The van der Waals surface area contributed by atoms with E-state index >= 15 is 0 Å². The fraction of sp³-hybridized carbons (Fsp3) is 0.429. The Balaban J connectivity index is 1.99. The molecule has 1 aliphatic rings. The topological polar surface area (TPSA) is 55.2 Å². The number of hydrogen-bond donors (Lipinski definition) is 1. The lowest BCUT2D eigenvalue weighted by Crippen LogP contribution is -2.05. The molecule has 0 aromatic heterocycles. The average Bonchev–Trinajstić information content (AvgIpc) is 2.42. The van der Waals surface area contributed by atoms with Crippen LogP contribution >= 0.6 is 23.2 Å². The second kappa shape index (κ2) is 6.95.